The number of alkyl carbamates (subject to hydrolysis) is 1. The molecule has 4 heterocycles. The van der Waals surface area contributed by atoms with Gasteiger partial charge in [0.15, 0.2) is 0 Å². The number of fused-ring (bicyclic) bond motifs is 1. The van der Waals surface area contributed by atoms with E-state index in [2.05, 4.69) is 52.8 Å². The molecule has 30 nitrogen and oxygen atoms in total. The molecule has 0 aliphatic carbocycles. The lowest BCUT2D eigenvalue weighted by molar-refractivity contribution is -0.143. The van der Waals surface area contributed by atoms with Crippen LogP contribution < -0.4 is 47.9 Å². The van der Waals surface area contributed by atoms with Gasteiger partial charge in [0, 0.05) is 94.0 Å². The van der Waals surface area contributed by atoms with E-state index in [1.165, 1.54) is 38.2 Å². The smallest absolute Gasteiger partial charge is 0.407 e. The van der Waals surface area contributed by atoms with Gasteiger partial charge in [-0.1, -0.05) is 60.7 Å². The number of rotatable bonds is 28. The lowest BCUT2D eigenvalue weighted by Crippen LogP contribution is -2.65. The molecule has 0 radical (unpaired) electrons. The first kappa shape index (κ1) is 76.5. The van der Waals surface area contributed by atoms with E-state index in [0.717, 1.165) is 39.0 Å². The number of aromatic nitrogens is 1. The fourth-order valence-electron chi connectivity index (χ4n) is 11.5. The highest BCUT2D eigenvalue weighted by atomic mass is 16.6. The average Bonchev–Trinajstić information content (AvgIpc) is 1.81. The van der Waals surface area contributed by atoms with E-state index in [9.17, 15) is 63.6 Å². The number of H-pyrrole nitrogens is 1. The molecule has 3 aliphatic heterocycles. The second-order valence-corrected chi connectivity index (χ2v) is 25.7. The summed E-state index contributed by atoms with van der Waals surface area (Å²) < 4.78 is 5.36. The Morgan fingerprint density at radius 2 is 1.19 bits per heavy atom. The van der Waals surface area contributed by atoms with Crippen molar-refractivity contribution in [1.82, 2.24) is 67.5 Å². The number of hydrogen-bond donors (Lipinski definition) is 14. The second kappa shape index (κ2) is 36.6. The molecule has 2 unspecified atom stereocenters. The molecular weight excluding hydrogens is 1280 g/mol. The number of aliphatic hydroxyl groups excluding tert-OH is 3. The van der Waals surface area contributed by atoms with E-state index in [0.29, 0.717) is 34.0 Å². The summed E-state index contributed by atoms with van der Waals surface area (Å²) in [7, 11) is 1.27. The van der Waals surface area contributed by atoms with Crippen LogP contribution in [0.4, 0.5) is 4.79 Å². The molecule has 1 saturated heterocycles. The van der Waals surface area contributed by atoms with Gasteiger partial charge in [-0.05, 0) is 127 Å². The van der Waals surface area contributed by atoms with Crippen LogP contribution in [0, 0.1) is 0 Å². The molecule has 1 fully saturated rings. The molecule has 4 aromatic rings. The Labute approximate surface area is 572 Å². The maximum absolute atomic E-state index is 15.4. The van der Waals surface area contributed by atoms with E-state index >= 15 is 14.4 Å². The van der Waals surface area contributed by atoms with E-state index in [4.69, 9.17) is 4.74 Å². The number of nitrogens with one attached hydrogen (secondary N) is 10. The Morgan fingerprint density at radius 3 is 1.83 bits per heavy atom. The minimum absolute atomic E-state index is 0.0243. The Bertz CT molecular complexity index is 3540. The van der Waals surface area contributed by atoms with Crippen LogP contribution in [-0.2, 0) is 76.7 Å². The maximum atomic E-state index is 15.4. The number of aromatic hydroxyl groups is 1. The van der Waals surface area contributed by atoms with E-state index < -0.39 is 150 Å². The number of amides is 12. The van der Waals surface area contributed by atoms with Gasteiger partial charge in [0.2, 0.25) is 41.4 Å². The van der Waals surface area contributed by atoms with Gasteiger partial charge in [-0.15, -0.1) is 0 Å². The Balaban J connectivity index is 1.21. The zero-order valence-electron chi connectivity index (χ0n) is 56.1. The summed E-state index contributed by atoms with van der Waals surface area (Å²) in [6.07, 6.45) is -1.22. The summed E-state index contributed by atoms with van der Waals surface area (Å²) in [4.78, 5) is 170. The lowest BCUT2D eigenvalue weighted by Gasteiger charge is -2.36. The summed E-state index contributed by atoms with van der Waals surface area (Å²) in [6.45, 7) is 6.47. The number of ether oxygens (including phenoxy) is 1. The van der Waals surface area contributed by atoms with Crippen molar-refractivity contribution < 1.29 is 82.7 Å². The Morgan fingerprint density at radius 1 is 0.606 bits per heavy atom. The third-order valence-corrected chi connectivity index (χ3v) is 16.8. The molecule has 0 saturated carbocycles. The van der Waals surface area contributed by atoms with Crippen LogP contribution in [0.15, 0.2) is 109 Å². The number of carbonyl (C=O) groups excluding carboxylic acids is 12. The van der Waals surface area contributed by atoms with E-state index in [-0.39, 0.29) is 96.3 Å². The highest BCUT2D eigenvalue weighted by molar-refractivity contribution is 6.13. The van der Waals surface area contributed by atoms with Crippen molar-refractivity contribution in [1.29, 1.82) is 0 Å². The Hall–Kier alpha value is -9.88. The van der Waals surface area contributed by atoms with Gasteiger partial charge in [-0.25, -0.2) is 4.79 Å². The fraction of sp³-hybridized carbons (Fsp3) is 0.478. The van der Waals surface area contributed by atoms with Gasteiger partial charge in [-0.3, -0.25) is 73.2 Å². The number of imide groups is 2. The third kappa shape index (κ3) is 23.4. The van der Waals surface area contributed by atoms with Crippen LogP contribution in [0.3, 0.4) is 0 Å². The normalized spacial score (nSPS) is 21.9. The number of aromatic amines is 1. The van der Waals surface area contributed by atoms with Crippen LogP contribution in [0.1, 0.15) is 102 Å². The first-order chi connectivity index (χ1) is 47.1. The zero-order valence-corrected chi connectivity index (χ0v) is 56.1. The predicted octanol–water partition coefficient (Wildman–Crippen LogP) is -0.267. The van der Waals surface area contributed by atoms with Crippen molar-refractivity contribution >= 4 is 82.0 Å². The molecule has 0 bridgehead atoms. The van der Waals surface area contributed by atoms with Crippen molar-refractivity contribution in [2.24, 2.45) is 0 Å². The van der Waals surface area contributed by atoms with Crippen LogP contribution in [-0.4, -0.2) is 217 Å². The van der Waals surface area contributed by atoms with Gasteiger partial charge in [-0.2, -0.15) is 0 Å². The molecule has 3 aliphatic rings. The number of hydrogen-bond acceptors (Lipinski definition) is 19. The van der Waals surface area contributed by atoms with Gasteiger partial charge in [0.25, 0.3) is 23.6 Å². The number of para-hydroxylation sites is 1. The summed E-state index contributed by atoms with van der Waals surface area (Å²) in [5, 5.41) is 72.0. The molecule has 99 heavy (non-hydrogen) atoms. The number of aliphatic hydroxyl groups is 3. The topological polar surface area (TPSA) is 429 Å². The quantitative estimate of drug-likeness (QED) is 0.0257. The van der Waals surface area contributed by atoms with E-state index in [1.807, 2.05) is 18.2 Å². The maximum Gasteiger partial charge on any atom is 0.407 e. The average molecular weight is 1370 g/mol. The highest BCUT2D eigenvalue weighted by Gasteiger charge is 2.40. The van der Waals surface area contributed by atoms with Crippen molar-refractivity contribution in [3.63, 3.8) is 0 Å². The van der Waals surface area contributed by atoms with Gasteiger partial charge in [0.1, 0.15) is 41.9 Å². The van der Waals surface area contributed by atoms with E-state index in [1.54, 1.807) is 63.4 Å². The number of nitrogens with zero attached hydrogens (tertiary/aromatic N) is 3. The molecule has 14 N–H and O–H groups in total. The van der Waals surface area contributed by atoms with Crippen LogP contribution in [0.5, 0.6) is 5.75 Å². The summed E-state index contributed by atoms with van der Waals surface area (Å²) >= 11 is 0. The highest BCUT2D eigenvalue weighted by Crippen LogP contribution is 2.22. The largest absolute Gasteiger partial charge is 0.508 e. The summed E-state index contributed by atoms with van der Waals surface area (Å²) in [5.74, 6) is -7.77. The number of phenolic OH excluding ortho intramolecular Hbond substituents is 1. The molecule has 3 aromatic carbocycles. The minimum Gasteiger partial charge on any atom is -0.508 e. The lowest BCUT2D eigenvalue weighted by atomic mass is 9.99. The number of phenols is 1. The first-order valence-electron chi connectivity index (χ1n) is 33.1. The monoisotopic (exact) mass is 1370 g/mol. The molecule has 10 atom stereocenters. The number of likely N-dealkylation sites (N-methyl/N-ethyl adjacent to an activating group) is 1. The molecule has 12 amide bonds. The molecular formula is C69H91N13O17. The second-order valence-electron chi connectivity index (χ2n) is 25.7. The molecule has 1 aromatic heterocycles. The fourth-order valence-corrected chi connectivity index (χ4v) is 11.5. The summed E-state index contributed by atoms with van der Waals surface area (Å²) in [5.41, 5.74) is 1.55. The van der Waals surface area contributed by atoms with Crippen molar-refractivity contribution in [2.75, 3.05) is 39.8 Å². The minimum atomic E-state index is -1.93. The van der Waals surface area contributed by atoms with Crippen molar-refractivity contribution in [3.8, 4) is 5.75 Å². The molecule has 30 heteroatoms. The standard InChI is InChI=1S/C69H91N13O17/c1-41(83)60-66(96)78-52(38-42-15-7-6-8-16-42)67(97)80(5)53(25-27-55(86)74-49(61(91)71-34-14-36-82-58(89)30-31-59(82)90)24-26-54(85)70-33-13-35-81-56(87)28-29-57(81)88)65(95)77-50(37-43-20-22-45(84)23-21-43)63(93)76-51(39-44-40-73-47-18-10-9-17-46(44)47)64(94)75-48(62(92)79-60)19-11-12-32-72-68(98)99-69(2,3)4/h6-10,15-18,20-23,28-31,40-41,48-53,60,63,66,73,76,78,83-84,93,96H,11-14,19,24-27,32-39H2,1-5H3,(H,70,85)(H,71,91)(H,72,98)(H,74,86)(H,75,94)(H,77,95)(H,79,92)/t41-,48+,49+,50+,51-,52+,53+,60+,63?,66?/m1/s1. The third-order valence-electron chi connectivity index (χ3n) is 16.8. The predicted molar refractivity (Wildman–Crippen MR) is 359 cm³/mol. The number of unbranched alkanes of at least 4 members (excludes halogenated alkanes) is 1. The number of carbonyl (C=O) groups is 12. The van der Waals surface area contributed by atoms with Crippen molar-refractivity contribution in [2.45, 2.75) is 171 Å². The van der Waals surface area contributed by atoms with Crippen LogP contribution in [0.25, 0.3) is 10.9 Å². The zero-order chi connectivity index (χ0) is 71.9. The van der Waals surface area contributed by atoms with Gasteiger partial charge in [0.05, 0.1) is 30.3 Å². The van der Waals surface area contributed by atoms with Crippen LogP contribution >= 0.6 is 0 Å². The Kier molecular flexibility index (Phi) is 28.3. The van der Waals surface area contributed by atoms with Gasteiger partial charge >= 0.3 is 6.09 Å². The molecule has 7 rings (SSSR count). The summed E-state index contributed by atoms with van der Waals surface area (Å²) in [6, 6.07) is 11.3. The van der Waals surface area contributed by atoms with Crippen molar-refractivity contribution in [3.05, 3.63) is 126 Å². The molecule has 0 spiro atoms. The van der Waals surface area contributed by atoms with Gasteiger partial charge < -0.3 is 72.3 Å². The van der Waals surface area contributed by atoms with Crippen LogP contribution in [0.2, 0.25) is 0 Å². The SMILES string of the molecule is C[C@@H](O)[C@@H]1NC(=O)[C@H](CCCCNC(=O)OC(C)(C)C)NC(=O)[C@@H](Cc2c[nH]c3ccccc23)NC(O)[C@H](Cc2ccc(O)cc2)NC(=O)[C@H](CCC(=O)N[C@@H](CCC(=O)NCCCN2C(=O)C=CC2=O)C(=O)NCCCN2C(=O)C=CC2=O)N(C)C(=O)[C@H](Cc2ccccc2)NC1O. The number of benzene rings is 3. The first-order valence-corrected chi connectivity index (χ1v) is 33.1. The molecule has 534 valence electrons.